The number of aliphatic imine (C=N–C) groups is 1. The lowest BCUT2D eigenvalue weighted by Crippen LogP contribution is -2.21. The quantitative estimate of drug-likeness (QED) is 0.600. The molecular formula is C16H19NO2. The SMILES string of the molecule is CCc1ccc(/C=C2/N=C(C(C)(C)C)OC2=O)cc1. The Morgan fingerprint density at radius 2 is 1.84 bits per heavy atom. The summed E-state index contributed by atoms with van der Waals surface area (Å²) < 4.78 is 5.20. The summed E-state index contributed by atoms with van der Waals surface area (Å²) in [6.45, 7) is 8.02. The fraction of sp³-hybridized carbons (Fsp3) is 0.375. The number of rotatable bonds is 2. The molecular weight excluding hydrogens is 238 g/mol. The van der Waals surface area contributed by atoms with E-state index in [1.165, 1.54) is 5.56 Å². The van der Waals surface area contributed by atoms with Crippen molar-refractivity contribution in [1.82, 2.24) is 0 Å². The van der Waals surface area contributed by atoms with Crippen molar-refractivity contribution in [1.29, 1.82) is 0 Å². The highest BCUT2D eigenvalue weighted by Gasteiger charge is 2.31. The summed E-state index contributed by atoms with van der Waals surface area (Å²) in [6.07, 6.45) is 2.77. The number of carbonyl (C=O) groups excluding carboxylic acids is 1. The first kappa shape index (κ1) is 13.5. The van der Waals surface area contributed by atoms with E-state index in [2.05, 4.69) is 24.0 Å². The van der Waals surface area contributed by atoms with Gasteiger partial charge in [0, 0.05) is 5.41 Å². The van der Waals surface area contributed by atoms with Crippen LogP contribution in [0.5, 0.6) is 0 Å². The number of ether oxygens (including phenoxy) is 1. The molecule has 0 aliphatic carbocycles. The molecule has 1 aromatic carbocycles. The molecule has 1 heterocycles. The van der Waals surface area contributed by atoms with Gasteiger partial charge < -0.3 is 4.74 Å². The van der Waals surface area contributed by atoms with Crippen LogP contribution in [0, 0.1) is 5.41 Å². The van der Waals surface area contributed by atoms with Crippen LogP contribution in [0.15, 0.2) is 35.0 Å². The van der Waals surface area contributed by atoms with Crippen molar-refractivity contribution in [2.75, 3.05) is 0 Å². The summed E-state index contributed by atoms with van der Waals surface area (Å²) in [5.74, 6) is 0.110. The third-order valence-electron chi connectivity index (χ3n) is 2.95. The van der Waals surface area contributed by atoms with Crippen LogP contribution in [0.1, 0.15) is 38.8 Å². The Balaban J connectivity index is 2.27. The maximum absolute atomic E-state index is 11.8. The van der Waals surface area contributed by atoms with Crippen LogP contribution in [-0.4, -0.2) is 11.9 Å². The van der Waals surface area contributed by atoms with Gasteiger partial charge in [-0.1, -0.05) is 52.0 Å². The van der Waals surface area contributed by atoms with E-state index in [-0.39, 0.29) is 11.4 Å². The van der Waals surface area contributed by atoms with E-state index in [4.69, 9.17) is 4.74 Å². The van der Waals surface area contributed by atoms with E-state index in [0.717, 1.165) is 12.0 Å². The number of esters is 1. The molecule has 0 saturated carbocycles. The standard InChI is InChI=1S/C16H19NO2/c1-5-11-6-8-12(9-7-11)10-13-14(18)19-15(17-13)16(2,3)4/h6-10H,5H2,1-4H3/b13-10+. The topological polar surface area (TPSA) is 38.7 Å². The molecule has 0 spiro atoms. The highest BCUT2D eigenvalue weighted by Crippen LogP contribution is 2.25. The Labute approximate surface area is 114 Å². The maximum atomic E-state index is 11.8. The highest BCUT2D eigenvalue weighted by molar-refractivity contribution is 6.08. The summed E-state index contributed by atoms with van der Waals surface area (Å²) in [4.78, 5) is 16.0. The Bertz CT molecular complexity index is 545. The summed E-state index contributed by atoms with van der Waals surface area (Å²) in [5, 5.41) is 0. The van der Waals surface area contributed by atoms with Crippen LogP contribution in [0.25, 0.3) is 6.08 Å². The van der Waals surface area contributed by atoms with Gasteiger partial charge in [0.15, 0.2) is 5.70 Å². The molecule has 0 fully saturated rings. The minimum absolute atomic E-state index is 0.253. The number of hydrogen-bond donors (Lipinski definition) is 0. The first-order valence-corrected chi connectivity index (χ1v) is 6.52. The van der Waals surface area contributed by atoms with Crippen molar-refractivity contribution < 1.29 is 9.53 Å². The average Bonchev–Trinajstić information content (AvgIpc) is 2.72. The predicted octanol–water partition coefficient (Wildman–Crippen LogP) is 3.59. The van der Waals surface area contributed by atoms with Gasteiger partial charge in [-0.15, -0.1) is 0 Å². The van der Waals surface area contributed by atoms with E-state index < -0.39 is 0 Å². The minimum Gasteiger partial charge on any atom is -0.406 e. The van der Waals surface area contributed by atoms with Gasteiger partial charge in [-0.2, -0.15) is 0 Å². The zero-order valence-electron chi connectivity index (χ0n) is 11.9. The first-order chi connectivity index (χ1) is 8.90. The van der Waals surface area contributed by atoms with Crippen molar-refractivity contribution in [3.8, 4) is 0 Å². The zero-order chi connectivity index (χ0) is 14.0. The molecule has 2 rings (SSSR count). The molecule has 3 heteroatoms. The molecule has 0 amide bonds. The highest BCUT2D eigenvalue weighted by atomic mass is 16.6. The summed E-state index contributed by atoms with van der Waals surface area (Å²) in [7, 11) is 0. The van der Waals surface area contributed by atoms with Gasteiger partial charge in [-0.25, -0.2) is 9.79 Å². The van der Waals surface area contributed by atoms with Gasteiger partial charge in [0.05, 0.1) is 0 Å². The van der Waals surface area contributed by atoms with Gasteiger partial charge in [-0.3, -0.25) is 0 Å². The summed E-state index contributed by atoms with van der Waals surface area (Å²) in [6, 6.07) is 8.09. The van der Waals surface area contributed by atoms with Crippen LogP contribution < -0.4 is 0 Å². The van der Waals surface area contributed by atoms with Gasteiger partial charge in [-0.05, 0) is 23.6 Å². The zero-order valence-corrected chi connectivity index (χ0v) is 11.9. The largest absolute Gasteiger partial charge is 0.406 e. The normalized spacial score (nSPS) is 17.6. The molecule has 3 nitrogen and oxygen atoms in total. The number of hydrogen-bond acceptors (Lipinski definition) is 3. The van der Waals surface area contributed by atoms with Crippen molar-refractivity contribution in [3.05, 3.63) is 41.1 Å². The molecule has 0 unspecified atom stereocenters. The summed E-state index contributed by atoms with van der Waals surface area (Å²) >= 11 is 0. The first-order valence-electron chi connectivity index (χ1n) is 6.52. The van der Waals surface area contributed by atoms with Crippen molar-refractivity contribution >= 4 is 17.9 Å². The lowest BCUT2D eigenvalue weighted by molar-refractivity contribution is -0.130. The fourth-order valence-corrected chi connectivity index (χ4v) is 1.74. The monoisotopic (exact) mass is 257 g/mol. The van der Waals surface area contributed by atoms with E-state index in [9.17, 15) is 4.79 Å². The maximum Gasteiger partial charge on any atom is 0.363 e. The molecule has 19 heavy (non-hydrogen) atoms. The lowest BCUT2D eigenvalue weighted by atomic mass is 9.97. The molecule has 0 bridgehead atoms. The smallest absolute Gasteiger partial charge is 0.363 e. The van der Waals surface area contributed by atoms with Gasteiger partial charge in [0.25, 0.3) is 0 Å². The van der Waals surface area contributed by atoms with Gasteiger partial charge in [0.1, 0.15) is 0 Å². The van der Waals surface area contributed by atoms with Crippen LogP contribution in [0.4, 0.5) is 0 Å². The van der Waals surface area contributed by atoms with Crippen molar-refractivity contribution in [2.45, 2.75) is 34.1 Å². The minimum atomic E-state index is -0.371. The molecule has 0 saturated heterocycles. The van der Waals surface area contributed by atoms with Crippen LogP contribution in [0.2, 0.25) is 0 Å². The average molecular weight is 257 g/mol. The van der Waals surface area contributed by atoms with E-state index in [1.54, 1.807) is 6.08 Å². The Morgan fingerprint density at radius 1 is 1.21 bits per heavy atom. The van der Waals surface area contributed by atoms with Crippen LogP contribution >= 0.6 is 0 Å². The third kappa shape index (κ3) is 3.11. The van der Waals surface area contributed by atoms with Crippen molar-refractivity contribution in [2.24, 2.45) is 10.4 Å². The molecule has 100 valence electrons. The number of nitrogens with zero attached hydrogens (tertiary/aromatic N) is 1. The molecule has 1 aromatic rings. The molecule has 0 aromatic heterocycles. The molecule has 0 radical (unpaired) electrons. The number of benzene rings is 1. The number of cyclic esters (lactones) is 1. The van der Waals surface area contributed by atoms with Crippen molar-refractivity contribution in [3.63, 3.8) is 0 Å². The third-order valence-corrected chi connectivity index (χ3v) is 2.95. The van der Waals surface area contributed by atoms with Gasteiger partial charge in [0.2, 0.25) is 5.90 Å². The number of aryl methyl sites for hydroxylation is 1. The molecule has 1 aliphatic rings. The molecule has 0 atom stereocenters. The Kier molecular flexibility index (Phi) is 3.56. The lowest BCUT2D eigenvalue weighted by Gasteiger charge is -2.15. The summed E-state index contributed by atoms with van der Waals surface area (Å²) in [5.41, 5.74) is 2.35. The second kappa shape index (κ2) is 5.00. The van der Waals surface area contributed by atoms with Crippen LogP contribution in [0.3, 0.4) is 0 Å². The van der Waals surface area contributed by atoms with E-state index in [0.29, 0.717) is 11.6 Å². The molecule has 1 aliphatic heterocycles. The van der Waals surface area contributed by atoms with E-state index >= 15 is 0 Å². The van der Waals surface area contributed by atoms with E-state index in [1.807, 2.05) is 32.9 Å². The molecule has 0 N–H and O–H groups in total. The second-order valence-corrected chi connectivity index (χ2v) is 5.68. The Hall–Kier alpha value is -1.90. The fourth-order valence-electron chi connectivity index (χ4n) is 1.74. The number of carbonyl (C=O) groups is 1. The van der Waals surface area contributed by atoms with Crippen LogP contribution in [-0.2, 0) is 16.0 Å². The van der Waals surface area contributed by atoms with Gasteiger partial charge >= 0.3 is 5.97 Å². The second-order valence-electron chi connectivity index (χ2n) is 5.68. The Morgan fingerprint density at radius 3 is 2.32 bits per heavy atom. The predicted molar refractivity (Wildman–Crippen MR) is 76.8 cm³/mol.